The van der Waals surface area contributed by atoms with E-state index in [4.69, 9.17) is 23.2 Å². The van der Waals surface area contributed by atoms with Gasteiger partial charge in [-0.15, -0.1) is 23.2 Å². The Bertz CT molecular complexity index is 692. The summed E-state index contributed by atoms with van der Waals surface area (Å²) in [5.74, 6) is -2.84. The number of alkyl halides is 2. The summed E-state index contributed by atoms with van der Waals surface area (Å²) in [6.07, 6.45) is 0. The quantitative estimate of drug-likeness (QED) is 0.587. The van der Waals surface area contributed by atoms with Gasteiger partial charge in [0.25, 0.3) is 0 Å². The molecule has 0 spiro atoms. The largest absolute Gasteiger partial charge is 0.478 e. The number of hydrogen-bond acceptors (Lipinski definition) is 2. The molecular weight excluding hydrogens is 351 g/mol. The maximum atomic E-state index is 11.7. The van der Waals surface area contributed by atoms with E-state index in [0.717, 1.165) is 0 Å². The minimum atomic E-state index is -1.42. The fourth-order valence-corrected chi connectivity index (χ4v) is 3.01. The highest BCUT2D eigenvalue weighted by molar-refractivity contribution is 6.29. The van der Waals surface area contributed by atoms with E-state index in [9.17, 15) is 19.8 Å². The standard InChI is InChI=1S/C18H14Cl2O4/c19-15(11-7-3-1-4-8-11)13(17(21)22)14(18(23)24)16(20)12-9-5-2-6-10-12/h1-10,15-16H,(H,21,22)(H,23,24)/b14-13+. The molecule has 2 rings (SSSR count). The fourth-order valence-electron chi connectivity index (χ4n) is 2.30. The van der Waals surface area contributed by atoms with Crippen LogP contribution >= 0.6 is 23.2 Å². The molecule has 0 aromatic heterocycles. The van der Waals surface area contributed by atoms with Crippen LogP contribution in [-0.4, -0.2) is 22.2 Å². The van der Waals surface area contributed by atoms with Crippen LogP contribution in [-0.2, 0) is 9.59 Å². The molecule has 24 heavy (non-hydrogen) atoms. The van der Waals surface area contributed by atoms with Crippen molar-refractivity contribution in [3.05, 3.63) is 82.9 Å². The molecule has 124 valence electrons. The summed E-state index contributed by atoms with van der Waals surface area (Å²) in [5.41, 5.74) is 0.0675. The van der Waals surface area contributed by atoms with Crippen LogP contribution in [0.4, 0.5) is 0 Å². The predicted octanol–water partition coefficient (Wildman–Crippen LogP) is 4.41. The topological polar surface area (TPSA) is 74.6 Å². The monoisotopic (exact) mass is 364 g/mol. The lowest BCUT2D eigenvalue weighted by molar-refractivity contribution is -0.136. The van der Waals surface area contributed by atoms with Crippen LogP contribution in [0.3, 0.4) is 0 Å². The first-order chi connectivity index (χ1) is 11.4. The average molecular weight is 365 g/mol. The van der Waals surface area contributed by atoms with Gasteiger partial charge < -0.3 is 10.2 Å². The van der Waals surface area contributed by atoms with Crippen molar-refractivity contribution in [3.8, 4) is 0 Å². The van der Waals surface area contributed by atoms with Crippen molar-refractivity contribution in [3.63, 3.8) is 0 Å². The van der Waals surface area contributed by atoms with Gasteiger partial charge in [-0.25, -0.2) is 9.59 Å². The molecule has 0 aliphatic rings. The van der Waals surface area contributed by atoms with Crippen LogP contribution in [0.15, 0.2) is 71.8 Å². The minimum Gasteiger partial charge on any atom is -0.478 e. The highest BCUT2D eigenvalue weighted by atomic mass is 35.5. The molecule has 0 fully saturated rings. The highest BCUT2D eigenvalue weighted by Crippen LogP contribution is 2.38. The molecule has 0 aliphatic carbocycles. The Balaban J connectivity index is 2.60. The van der Waals surface area contributed by atoms with Gasteiger partial charge in [-0.2, -0.15) is 0 Å². The van der Waals surface area contributed by atoms with Crippen molar-refractivity contribution in [1.29, 1.82) is 0 Å². The second kappa shape index (κ2) is 7.99. The SMILES string of the molecule is O=C(O)/C(=C(/C(=O)O)C(Cl)c1ccccc1)C(Cl)c1ccccc1. The van der Waals surface area contributed by atoms with Gasteiger partial charge in [-0.3, -0.25) is 0 Å². The molecule has 4 nitrogen and oxygen atoms in total. The number of rotatable bonds is 6. The van der Waals surface area contributed by atoms with Gasteiger partial charge in [0.05, 0.1) is 21.9 Å². The normalized spacial score (nSPS) is 14.4. The molecule has 0 saturated carbocycles. The van der Waals surface area contributed by atoms with Crippen LogP contribution in [0.2, 0.25) is 0 Å². The molecule has 0 radical (unpaired) electrons. The summed E-state index contributed by atoms with van der Waals surface area (Å²) in [6, 6.07) is 16.8. The lowest BCUT2D eigenvalue weighted by atomic mass is 9.94. The zero-order valence-electron chi connectivity index (χ0n) is 12.4. The lowest BCUT2D eigenvalue weighted by Crippen LogP contribution is -2.18. The second-order valence-corrected chi connectivity index (χ2v) is 5.86. The smallest absolute Gasteiger partial charge is 0.334 e. The van der Waals surface area contributed by atoms with E-state index >= 15 is 0 Å². The summed E-state index contributed by atoms with van der Waals surface area (Å²) in [5, 5.41) is 16.8. The molecule has 0 heterocycles. The van der Waals surface area contributed by atoms with Crippen molar-refractivity contribution in [1.82, 2.24) is 0 Å². The third-order valence-corrected chi connectivity index (χ3v) is 4.38. The predicted molar refractivity (Wildman–Crippen MR) is 92.4 cm³/mol. The van der Waals surface area contributed by atoms with Crippen molar-refractivity contribution < 1.29 is 19.8 Å². The molecular formula is C18H14Cl2O4. The maximum absolute atomic E-state index is 11.7. The van der Waals surface area contributed by atoms with Crippen LogP contribution in [0, 0.1) is 0 Å². The van der Waals surface area contributed by atoms with Gasteiger partial charge >= 0.3 is 11.9 Å². The van der Waals surface area contributed by atoms with Gasteiger partial charge in [0.15, 0.2) is 0 Å². The third kappa shape index (κ3) is 3.96. The van der Waals surface area contributed by atoms with Crippen LogP contribution in [0.25, 0.3) is 0 Å². The zero-order chi connectivity index (χ0) is 17.7. The first kappa shape index (κ1) is 18.0. The molecule has 0 aliphatic heterocycles. The maximum Gasteiger partial charge on any atom is 0.334 e. The summed E-state index contributed by atoms with van der Waals surface area (Å²) >= 11 is 12.6. The number of aliphatic carboxylic acids is 2. The van der Waals surface area contributed by atoms with E-state index in [2.05, 4.69) is 0 Å². The van der Waals surface area contributed by atoms with E-state index in [1.54, 1.807) is 60.7 Å². The summed E-state index contributed by atoms with van der Waals surface area (Å²) < 4.78 is 0. The number of hydrogen-bond donors (Lipinski definition) is 2. The molecule has 0 bridgehead atoms. The van der Waals surface area contributed by atoms with Gasteiger partial charge in [-0.1, -0.05) is 60.7 Å². The molecule has 2 atom stereocenters. The summed E-state index contributed by atoms with van der Waals surface area (Å²) in [7, 11) is 0. The number of carboxylic acid groups (broad SMARTS) is 2. The average Bonchev–Trinajstić information content (AvgIpc) is 2.59. The Morgan fingerprint density at radius 3 is 1.21 bits per heavy atom. The van der Waals surface area contributed by atoms with Gasteiger partial charge in [0.2, 0.25) is 0 Å². The molecule has 0 amide bonds. The Morgan fingerprint density at radius 1 is 0.667 bits per heavy atom. The van der Waals surface area contributed by atoms with Gasteiger partial charge in [-0.05, 0) is 11.1 Å². The van der Waals surface area contributed by atoms with E-state index < -0.39 is 33.8 Å². The van der Waals surface area contributed by atoms with Crippen molar-refractivity contribution in [2.24, 2.45) is 0 Å². The molecule has 2 aromatic carbocycles. The molecule has 2 unspecified atom stereocenters. The van der Waals surface area contributed by atoms with Gasteiger partial charge in [0, 0.05) is 0 Å². The molecule has 2 N–H and O–H groups in total. The number of halogens is 2. The second-order valence-electron chi connectivity index (χ2n) is 4.98. The third-order valence-electron chi connectivity index (χ3n) is 3.44. The number of carbonyl (C=O) groups is 2. The zero-order valence-corrected chi connectivity index (χ0v) is 13.9. The molecule has 0 saturated heterocycles. The van der Waals surface area contributed by atoms with Crippen LogP contribution < -0.4 is 0 Å². The first-order valence-corrected chi connectivity index (χ1v) is 7.89. The highest BCUT2D eigenvalue weighted by Gasteiger charge is 2.32. The Hall–Kier alpha value is -2.30. The first-order valence-electron chi connectivity index (χ1n) is 7.02. The van der Waals surface area contributed by atoms with E-state index in [1.165, 1.54) is 0 Å². The number of carboxylic acids is 2. The summed E-state index contributed by atoms with van der Waals surface area (Å²) in [4.78, 5) is 23.5. The van der Waals surface area contributed by atoms with Crippen molar-refractivity contribution in [2.75, 3.05) is 0 Å². The van der Waals surface area contributed by atoms with Crippen molar-refractivity contribution >= 4 is 35.1 Å². The number of benzene rings is 2. The van der Waals surface area contributed by atoms with Crippen molar-refractivity contribution in [2.45, 2.75) is 10.8 Å². The lowest BCUT2D eigenvalue weighted by Gasteiger charge is -2.18. The Morgan fingerprint density at radius 2 is 0.958 bits per heavy atom. The summed E-state index contributed by atoms with van der Waals surface area (Å²) in [6.45, 7) is 0. The fraction of sp³-hybridized carbons (Fsp3) is 0.111. The van der Waals surface area contributed by atoms with Gasteiger partial charge in [0.1, 0.15) is 0 Å². The Labute approximate surface area is 149 Å². The molecule has 2 aromatic rings. The van der Waals surface area contributed by atoms with E-state index in [0.29, 0.717) is 11.1 Å². The minimum absolute atomic E-state index is 0.445. The van der Waals surface area contributed by atoms with Crippen LogP contribution in [0.1, 0.15) is 21.9 Å². The Kier molecular flexibility index (Phi) is 6.01. The van der Waals surface area contributed by atoms with E-state index in [1.807, 2.05) is 0 Å². The molecule has 6 heteroatoms. The van der Waals surface area contributed by atoms with E-state index in [-0.39, 0.29) is 0 Å². The van der Waals surface area contributed by atoms with Crippen LogP contribution in [0.5, 0.6) is 0 Å².